The van der Waals surface area contributed by atoms with Gasteiger partial charge in [-0.1, -0.05) is 11.6 Å². The Labute approximate surface area is 114 Å². The second-order valence-electron chi connectivity index (χ2n) is 5.40. The predicted molar refractivity (Wildman–Crippen MR) is 75.2 cm³/mol. The Morgan fingerprint density at radius 2 is 2.06 bits per heavy atom. The highest BCUT2D eigenvalue weighted by atomic mass is 35.5. The van der Waals surface area contributed by atoms with Gasteiger partial charge in [-0.25, -0.2) is 0 Å². The lowest BCUT2D eigenvalue weighted by Gasteiger charge is -2.32. The summed E-state index contributed by atoms with van der Waals surface area (Å²) in [6, 6.07) is 2.77. The van der Waals surface area contributed by atoms with Crippen LogP contribution >= 0.6 is 11.6 Å². The largest absolute Gasteiger partial charge is 0.367 e. The van der Waals surface area contributed by atoms with E-state index in [0.29, 0.717) is 6.04 Å². The molecule has 1 aromatic heterocycles. The highest BCUT2D eigenvalue weighted by Crippen LogP contribution is 2.36. The molecule has 2 aliphatic rings. The minimum atomic E-state index is 0.708. The monoisotopic (exact) mass is 265 g/mol. The van der Waals surface area contributed by atoms with Crippen molar-refractivity contribution in [2.45, 2.75) is 31.7 Å². The van der Waals surface area contributed by atoms with Crippen LogP contribution in [0.1, 0.15) is 25.7 Å². The van der Waals surface area contributed by atoms with E-state index in [1.807, 2.05) is 6.20 Å². The highest BCUT2D eigenvalue weighted by molar-refractivity contribution is 6.33. The fourth-order valence-electron chi connectivity index (χ4n) is 2.77. The molecule has 1 N–H and O–H groups in total. The first-order valence-corrected chi connectivity index (χ1v) is 7.29. The van der Waals surface area contributed by atoms with Crippen LogP contribution in [-0.4, -0.2) is 30.7 Å². The predicted octanol–water partition coefficient (Wildman–Crippen LogP) is 2.70. The second-order valence-corrected chi connectivity index (χ2v) is 5.81. The number of hydrogen-bond donors (Lipinski definition) is 1. The first-order chi connectivity index (χ1) is 8.84. The van der Waals surface area contributed by atoms with Crippen molar-refractivity contribution in [1.82, 2.24) is 10.3 Å². The van der Waals surface area contributed by atoms with Crippen LogP contribution in [0.4, 0.5) is 5.69 Å². The van der Waals surface area contributed by atoms with Crippen molar-refractivity contribution in [2.75, 3.05) is 24.5 Å². The van der Waals surface area contributed by atoms with E-state index in [1.165, 1.54) is 31.4 Å². The third kappa shape index (κ3) is 2.78. The number of piperidine rings is 1. The number of nitrogens with one attached hydrogen (secondary N) is 1. The fraction of sp³-hybridized carbons (Fsp3) is 0.643. The number of nitrogens with zero attached hydrogens (tertiary/aromatic N) is 2. The van der Waals surface area contributed by atoms with Crippen LogP contribution in [0.25, 0.3) is 0 Å². The van der Waals surface area contributed by atoms with Crippen LogP contribution in [0.3, 0.4) is 0 Å². The molecule has 1 aliphatic carbocycles. The van der Waals surface area contributed by atoms with Crippen LogP contribution in [0.15, 0.2) is 18.5 Å². The molecule has 0 aromatic carbocycles. The van der Waals surface area contributed by atoms with E-state index in [1.54, 1.807) is 6.20 Å². The SMILES string of the molecule is Clc1cnccc1N(CC1CCNCC1)C1CC1. The van der Waals surface area contributed by atoms with Gasteiger partial charge in [0.05, 0.1) is 10.7 Å². The zero-order valence-electron chi connectivity index (χ0n) is 10.6. The maximum absolute atomic E-state index is 6.29. The molecule has 1 saturated carbocycles. The molecular weight excluding hydrogens is 246 g/mol. The van der Waals surface area contributed by atoms with Crippen LogP contribution in [0.2, 0.25) is 5.02 Å². The normalized spacial score (nSPS) is 20.9. The Hall–Kier alpha value is -0.800. The first kappa shape index (κ1) is 12.2. The average molecular weight is 266 g/mol. The molecule has 0 bridgehead atoms. The van der Waals surface area contributed by atoms with E-state index >= 15 is 0 Å². The van der Waals surface area contributed by atoms with E-state index in [2.05, 4.69) is 21.3 Å². The number of aromatic nitrogens is 1. The molecule has 0 amide bonds. The maximum atomic E-state index is 6.29. The maximum Gasteiger partial charge on any atom is 0.0822 e. The van der Waals surface area contributed by atoms with Crippen LogP contribution in [0, 0.1) is 5.92 Å². The van der Waals surface area contributed by atoms with Crippen molar-refractivity contribution in [2.24, 2.45) is 5.92 Å². The lowest BCUT2D eigenvalue weighted by Crippen LogP contribution is -2.37. The van der Waals surface area contributed by atoms with E-state index in [9.17, 15) is 0 Å². The van der Waals surface area contributed by atoms with E-state index < -0.39 is 0 Å². The topological polar surface area (TPSA) is 28.2 Å². The minimum Gasteiger partial charge on any atom is -0.367 e. The Morgan fingerprint density at radius 3 is 2.72 bits per heavy atom. The van der Waals surface area contributed by atoms with Gasteiger partial charge >= 0.3 is 0 Å². The van der Waals surface area contributed by atoms with Crippen LogP contribution < -0.4 is 10.2 Å². The quantitative estimate of drug-likeness (QED) is 0.907. The summed E-state index contributed by atoms with van der Waals surface area (Å²) in [6.07, 6.45) is 8.79. The number of halogens is 1. The average Bonchev–Trinajstić information content (AvgIpc) is 3.23. The third-order valence-electron chi connectivity index (χ3n) is 3.96. The summed E-state index contributed by atoms with van der Waals surface area (Å²) in [4.78, 5) is 6.60. The molecule has 2 heterocycles. The van der Waals surface area contributed by atoms with Gasteiger partial charge in [-0.15, -0.1) is 0 Å². The first-order valence-electron chi connectivity index (χ1n) is 6.91. The molecule has 1 aromatic rings. The molecule has 18 heavy (non-hydrogen) atoms. The third-order valence-corrected chi connectivity index (χ3v) is 4.25. The lowest BCUT2D eigenvalue weighted by atomic mass is 9.97. The number of pyridine rings is 1. The summed E-state index contributed by atoms with van der Waals surface area (Å²) >= 11 is 6.29. The highest BCUT2D eigenvalue weighted by Gasteiger charge is 2.32. The Morgan fingerprint density at radius 1 is 1.28 bits per heavy atom. The van der Waals surface area contributed by atoms with Crippen LogP contribution in [0.5, 0.6) is 0 Å². The molecule has 0 unspecified atom stereocenters. The molecule has 3 rings (SSSR count). The van der Waals surface area contributed by atoms with Crippen LogP contribution in [-0.2, 0) is 0 Å². The molecule has 0 radical (unpaired) electrons. The molecular formula is C14H20ClN3. The number of anilines is 1. The summed E-state index contributed by atoms with van der Waals surface area (Å²) in [7, 11) is 0. The minimum absolute atomic E-state index is 0.708. The van der Waals surface area contributed by atoms with Crippen molar-refractivity contribution in [3.8, 4) is 0 Å². The standard InChI is InChI=1S/C14H20ClN3/c15-13-9-17-8-5-14(13)18(12-1-2-12)10-11-3-6-16-7-4-11/h5,8-9,11-12,16H,1-4,6-7,10H2. The van der Waals surface area contributed by atoms with Crippen molar-refractivity contribution in [3.63, 3.8) is 0 Å². The molecule has 2 fully saturated rings. The van der Waals surface area contributed by atoms with E-state index in [4.69, 9.17) is 11.6 Å². The molecule has 1 saturated heterocycles. The van der Waals surface area contributed by atoms with Crippen molar-refractivity contribution < 1.29 is 0 Å². The molecule has 3 nitrogen and oxygen atoms in total. The number of rotatable bonds is 4. The molecule has 0 spiro atoms. The number of hydrogen-bond acceptors (Lipinski definition) is 3. The van der Waals surface area contributed by atoms with E-state index in [0.717, 1.165) is 30.6 Å². The van der Waals surface area contributed by atoms with Crippen molar-refractivity contribution >= 4 is 17.3 Å². The summed E-state index contributed by atoms with van der Waals surface area (Å²) in [5.41, 5.74) is 1.17. The van der Waals surface area contributed by atoms with Gasteiger partial charge in [-0.3, -0.25) is 4.98 Å². The van der Waals surface area contributed by atoms with Crippen molar-refractivity contribution in [1.29, 1.82) is 0 Å². The lowest BCUT2D eigenvalue weighted by molar-refractivity contribution is 0.372. The smallest absolute Gasteiger partial charge is 0.0822 e. The van der Waals surface area contributed by atoms with Gasteiger partial charge in [-0.05, 0) is 50.8 Å². The van der Waals surface area contributed by atoms with Gasteiger partial charge in [0.1, 0.15) is 0 Å². The van der Waals surface area contributed by atoms with Gasteiger partial charge in [0.2, 0.25) is 0 Å². The van der Waals surface area contributed by atoms with Gasteiger partial charge in [0.25, 0.3) is 0 Å². The van der Waals surface area contributed by atoms with E-state index in [-0.39, 0.29) is 0 Å². The zero-order valence-corrected chi connectivity index (χ0v) is 11.4. The van der Waals surface area contributed by atoms with Gasteiger partial charge in [-0.2, -0.15) is 0 Å². The second kappa shape index (κ2) is 5.45. The summed E-state index contributed by atoms with van der Waals surface area (Å²) in [5, 5.41) is 4.22. The van der Waals surface area contributed by atoms with Crippen molar-refractivity contribution in [3.05, 3.63) is 23.5 Å². The fourth-order valence-corrected chi connectivity index (χ4v) is 3.00. The van der Waals surface area contributed by atoms with Gasteiger partial charge in [0, 0.05) is 25.0 Å². The van der Waals surface area contributed by atoms with Gasteiger partial charge in [0.15, 0.2) is 0 Å². The zero-order chi connectivity index (χ0) is 12.4. The molecule has 4 heteroatoms. The summed E-state index contributed by atoms with van der Waals surface area (Å²) in [5.74, 6) is 0.802. The van der Waals surface area contributed by atoms with Gasteiger partial charge < -0.3 is 10.2 Å². The molecule has 98 valence electrons. The molecule has 0 atom stereocenters. The Kier molecular flexibility index (Phi) is 3.71. The summed E-state index contributed by atoms with van der Waals surface area (Å²) < 4.78 is 0. The summed E-state index contributed by atoms with van der Waals surface area (Å²) in [6.45, 7) is 3.47. The Bertz CT molecular complexity index is 400. The molecule has 1 aliphatic heterocycles. The Balaban J connectivity index is 1.73.